The molecule has 0 spiro atoms. The fourth-order valence-corrected chi connectivity index (χ4v) is 6.96. The molecule has 3 aliphatic heterocycles. The van der Waals surface area contributed by atoms with E-state index < -0.39 is 78.5 Å². The van der Waals surface area contributed by atoms with Gasteiger partial charge in [-0.05, 0) is 0 Å². The van der Waals surface area contributed by atoms with Crippen molar-refractivity contribution in [3.05, 3.63) is 25.3 Å². The molecule has 5 N–H and O–H groups in total. The number of phosphoric acid groups is 1. The zero-order valence-corrected chi connectivity index (χ0v) is 23.4. The predicted octanol–water partition coefficient (Wildman–Crippen LogP) is 0.609. The predicted molar refractivity (Wildman–Crippen MR) is 138 cm³/mol. The molecular formula is C20H22F2N10O9P2. The molecule has 0 bridgehead atoms. The van der Waals surface area contributed by atoms with Crippen LogP contribution in [0.3, 0.4) is 0 Å². The molecule has 19 nitrogen and oxygen atoms in total. The number of rotatable bonds is 2. The van der Waals surface area contributed by atoms with Crippen molar-refractivity contribution in [3.63, 3.8) is 0 Å². The molecule has 7 rings (SSSR count). The van der Waals surface area contributed by atoms with Crippen LogP contribution >= 0.6 is 16.1 Å². The molecular weight excluding hydrogens is 624 g/mol. The van der Waals surface area contributed by atoms with Gasteiger partial charge in [-0.2, -0.15) is 0 Å². The maximum atomic E-state index is 15.8. The van der Waals surface area contributed by atoms with E-state index >= 15 is 8.78 Å². The monoisotopic (exact) mass is 646 g/mol. The van der Waals surface area contributed by atoms with Crippen LogP contribution in [-0.4, -0.2) is 93.9 Å². The van der Waals surface area contributed by atoms with E-state index in [1.807, 2.05) is 0 Å². The fraction of sp³-hybridized carbons (Fsp3) is 0.500. The minimum Gasteiger partial charge on any atom is -0.382 e. The summed E-state index contributed by atoms with van der Waals surface area (Å²) in [4.78, 5) is 34.4. The molecule has 2 unspecified atom stereocenters. The third-order valence-electron chi connectivity index (χ3n) is 7.11. The number of nitrogens with two attached hydrogens (primary N) is 2. The Morgan fingerprint density at radius 2 is 1.40 bits per heavy atom. The Balaban J connectivity index is 1.14. The number of hydrogen-bond acceptors (Lipinski definition) is 16. The van der Waals surface area contributed by atoms with E-state index in [0.717, 1.165) is 12.7 Å². The zero-order chi connectivity index (χ0) is 30.0. The van der Waals surface area contributed by atoms with E-state index in [4.69, 9.17) is 39.0 Å². The highest BCUT2D eigenvalue weighted by Gasteiger charge is 2.53. The summed E-state index contributed by atoms with van der Waals surface area (Å²) in [6, 6.07) is 0. The summed E-state index contributed by atoms with van der Waals surface area (Å²) in [5, 5.41) is 0. The van der Waals surface area contributed by atoms with Crippen molar-refractivity contribution in [2.75, 3.05) is 24.7 Å². The van der Waals surface area contributed by atoms with Crippen molar-refractivity contribution in [1.29, 1.82) is 0 Å². The second-order valence-corrected chi connectivity index (χ2v) is 12.1. The number of hydrogen-bond donors (Lipinski definition) is 3. The highest BCUT2D eigenvalue weighted by Crippen LogP contribution is 2.51. The van der Waals surface area contributed by atoms with Crippen molar-refractivity contribution in [2.45, 2.75) is 49.2 Å². The topological polar surface area (TPSA) is 249 Å². The molecule has 3 fully saturated rings. The highest BCUT2D eigenvalue weighted by molar-refractivity contribution is 7.47. The number of aromatic nitrogens is 8. The number of nitrogen functional groups attached to an aromatic ring is 2. The van der Waals surface area contributed by atoms with E-state index in [1.54, 1.807) is 0 Å². The number of fused-ring (bicyclic) bond motifs is 4. The molecule has 0 aromatic carbocycles. The minimum absolute atomic E-state index is 0.0343. The van der Waals surface area contributed by atoms with Gasteiger partial charge >= 0.3 is 16.1 Å². The molecule has 4 aromatic rings. The van der Waals surface area contributed by atoms with Crippen LogP contribution in [0.1, 0.15) is 12.5 Å². The Bertz CT molecular complexity index is 1760. The third kappa shape index (κ3) is 4.95. The first-order valence-electron chi connectivity index (χ1n) is 12.6. The summed E-state index contributed by atoms with van der Waals surface area (Å²) in [5.74, 6) is 0.0758. The zero-order valence-electron chi connectivity index (χ0n) is 21.5. The molecule has 7 heterocycles. The van der Waals surface area contributed by atoms with Gasteiger partial charge in [0.15, 0.2) is 47.7 Å². The van der Waals surface area contributed by atoms with E-state index in [0.29, 0.717) is 0 Å². The maximum absolute atomic E-state index is 15.8. The van der Waals surface area contributed by atoms with Crippen molar-refractivity contribution in [1.82, 2.24) is 39.0 Å². The Morgan fingerprint density at radius 3 is 1.98 bits per heavy atom. The molecule has 3 aliphatic rings. The second-order valence-electron chi connectivity index (χ2n) is 9.66. The average molecular weight is 646 g/mol. The van der Waals surface area contributed by atoms with E-state index in [9.17, 15) is 14.0 Å². The number of nitrogens with zero attached hydrogens (tertiary/aromatic N) is 8. The number of anilines is 2. The summed E-state index contributed by atoms with van der Waals surface area (Å²) in [7, 11) is -8.52. The van der Waals surface area contributed by atoms with E-state index in [1.165, 1.54) is 21.8 Å². The Hall–Kier alpha value is -3.26. The summed E-state index contributed by atoms with van der Waals surface area (Å²) >= 11 is 0. The average Bonchev–Trinajstić information content (AvgIpc) is 3.73. The van der Waals surface area contributed by atoms with Crippen LogP contribution in [0.5, 0.6) is 0 Å². The largest absolute Gasteiger partial charge is 0.472 e. The van der Waals surface area contributed by atoms with Crippen molar-refractivity contribution in [3.8, 4) is 0 Å². The first kappa shape index (κ1) is 28.5. The van der Waals surface area contributed by atoms with Gasteiger partial charge in [0.05, 0.1) is 25.9 Å². The standard InChI is InChI=1S/C20H22F2N10O9P2/c21-9-13-8(39-19(9)31-5-29-11-15(23)25-3-27-17(11)31)2-37-43(34,35)41-14-7(1-36-42(33)40-13)38-20(10(14)22)32-6-30-12-16(24)26-4-28-18(12)32/h3-10,13-14,19-20,42H,1-2H2,(H,34,35)(H2,23,25,27)(H2,24,26,28)/t7-,8-,9-,10-,13-,14-,19-,20-/m1/s1. The number of phosphoric ester groups is 1. The summed E-state index contributed by atoms with van der Waals surface area (Å²) < 4.78 is 92.2. The normalized spacial score (nSPS) is 37.1. The Morgan fingerprint density at radius 1 is 0.860 bits per heavy atom. The highest BCUT2D eigenvalue weighted by atomic mass is 31.2. The second kappa shape index (κ2) is 10.7. The first-order chi connectivity index (χ1) is 20.6. The molecule has 10 atom stereocenters. The molecule has 230 valence electrons. The molecule has 0 aliphatic carbocycles. The van der Waals surface area contributed by atoms with Gasteiger partial charge in [0.25, 0.3) is 0 Å². The van der Waals surface area contributed by atoms with Gasteiger partial charge in [-0.1, -0.05) is 0 Å². The number of alkyl halides is 2. The van der Waals surface area contributed by atoms with E-state index in [2.05, 4.69) is 29.9 Å². The smallest absolute Gasteiger partial charge is 0.382 e. The van der Waals surface area contributed by atoms with Crippen LogP contribution in [0.15, 0.2) is 25.3 Å². The quantitative estimate of drug-likeness (QED) is 0.252. The van der Waals surface area contributed by atoms with Crippen LogP contribution < -0.4 is 11.5 Å². The summed E-state index contributed by atoms with van der Waals surface area (Å²) in [6.07, 6.45) is -8.50. The molecule has 23 heteroatoms. The van der Waals surface area contributed by atoms with Crippen LogP contribution in [0.4, 0.5) is 20.4 Å². The molecule has 0 saturated carbocycles. The van der Waals surface area contributed by atoms with Gasteiger partial charge in [-0.25, -0.2) is 43.2 Å². The molecule has 43 heavy (non-hydrogen) atoms. The van der Waals surface area contributed by atoms with Gasteiger partial charge in [0.2, 0.25) is 0 Å². The maximum Gasteiger partial charge on any atom is 0.472 e. The minimum atomic E-state index is -5.04. The third-order valence-corrected chi connectivity index (χ3v) is 8.96. The van der Waals surface area contributed by atoms with Gasteiger partial charge in [-0.15, -0.1) is 0 Å². The van der Waals surface area contributed by atoms with Crippen LogP contribution in [0.2, 0.25) is 0 Å². The molecule has 4 aromatic heterocycles. The number of halogens is 2. The van der Waals surface area contributed by atoms with Crippen molar-refractivity contribution in [2.24, 2.45) is 0 Å². The Kier molecular flexibility index (Phi) is 7.11. The van der Waals surface area contributed by atoms with Crippen molar-refractivity contribution >= 4 is 50.0 Å². The lowest BCUT2D eigenvalue weighted by Crippen LogP contribution is -2.36. The van der Waals surface area contributed by atoms with Gasteiger partial charge < -0.3 is 34.9 Å². The lowest BCUT2D eigenvalue weighted by atomic mass is 10.1. The first-order valence-corrected chi connectivity index (χ1v) is 15.3. The Labute approximate surface area is 239 Å². The lowest BCUT2D eigenvalue weighted by Gasteiger charge is -2.25. The van der Waals surface area contributed by atoms with Gasteiger partial charge in [0.1, 0.15) is 48.1 Å². The fourth-order valence-electron chi connectivity index (χ4n) is 5.13. The van der Waals surface area contributed by atoms with E-state index in [-0.39, 0.29) is 34.0 Å². The van der Waals surface area contributed by atoms with Crippen LogP contribution in [0, 0.1) is 0 Å². The van der Waals surface area contributed by atoms with Crippen LogP contribution in [-0.2, 0) is 36.7 Å². The van der Waals surface area contributed by atoms with Crippen LogP contribution in [0.25, 0.3) is 22.3 Å². The SMILES string of the molecule is Nc1ncnc2c1ncn2[C@@H]1O[C@@H]2COP(=O)(O)O[C@H]3[C@@H](F)[C@H](n4cnc5c(N)ncnc54)O[C@@H]3CO[PH](=O)O[C@H]2[C@H]1F. The molecule has 0 amide bonds. The molecule has 3 saturated heterocycles. The number of imidazole rings is 2. The lowest BCUT2D eigenvalue weighted by molar-refractivity contribution is -0.0600. The summed E-state index contributed by atoms with van der Waals surface area (Å²) in [5.41, 5.74) is 12.2. The summed E-state index contributed by atoms with van der Waals surface area (Å²) in [6.45, 7) is -1.42. The van der Waals surface area contributed by atoms with Gasteiger partial charge in [-0.3, -0.25) is 22.7 Å². The number of ether oxygens (including phenoxy) is 2. The van der Waals surface area contributed by atoms with Gasteiger partial charge in [0, 0.05) is 0 Å². The molecule has 0 radical (unpaired) electrons. The van der Waals surface area contributed by atoms with Crippen molar-refractivity contribution < 1.29 is 50.4 Å².